The number of carbonyl (C=O) groups is 1. The third-order valence-electron chi connectivity index (χ3n) is 3.93. The van der Waals surface area contributed by atoms with E-state index in [-0.39, 0.29) is 11.0 Å². The third-order valence-corrected chi connectivity index (χ3v) is 6.43. The summed E-state index contributed by atoms with van der Waals surface area (Å²) in [6, 6.07) is 5.81. The molecule has 8 heteroatoms. The van der Waals surface area contributed by atoms with Crippen LogP contribution in [0.2, 0.25) is 0 Å². The van der Waals surface area contributed by atoms with Gasteiger partial charge in [0.25, 0.3) is 5.91 Å². The first-order chi connectivity index (χ1) is 11.0. The van der Waals surface area contributed by atoms with Gasteiger partial charge in [0.05, 0.1) is 11.9 Å². The van der Waals surface area contributed by atoms with Crippen molar-refractivity contribution < 1.29 is 13.2 Å². The number of anilines is 2. The molecule has 1 amide bonds. The zero-order valence-electron chi connectivity index (χ0n) is 14.6. The number of aromatic nitrogens is 1. The molecule has 24 heavy (non-hydrogen) atoms. The molecular formula is C16H21N3O3S2. The van der Waals surface area contributed by atoms with Crippen molar-refractivity contribution in [3.63, 3.8) is 0 Å². The Hall–Kier alpha value is -1.93. The minimum Gasteiger partial charge on any atom is -0.311 e. The molecular weight excluding hydrogens is 346 g/mol. The largest absolute Gasteiger partial charge is 0.311 e. The number of rotatable bonds is 4. The number of benzene rings is 1. The van der Waals surface area contributed by atoms with Crippen molar-refractivity contribution >= 4 is 38.1 Å². The third kappa shape index (κ3) is 3.59. The number of thiazole rings is 1. The molecule has 0 aliphatic rings. The summed E-state index contributed by atoms with van der Waals surface area (Å²) in [6.07, 6.45) is 1.10. The molecule has 0 N–H and O–H groups in total. The van der Waals surface area contributed by atoms with Crippen molar-refractivity contribution in [2.75, 3.05) is 29.6 Å². The number of nitrogens with zero attached hydrogens (tertiary/aromatic N) is 3. The zero-order chi connectivity index (χ0) is 18.2. The van der Waals surface area contributed by atoms with Gasteiger partial charge in [0.2, 0.25) is 10.0 Å². The van der Waals surface area contributed by atoms with Crippen LogP contribution in [0.15, 0.2) is 18.2 Å². The van der Waals surface area contributed by atoms with Gasteiger partial charge in [-0.1, -0.05) is 17.4 Å². The van der Waals surface area contributed by atoms with Gasteiger partial charge in [0, 0.05) is 19.8 Å². The summed E-state index contributed by atoms with van der Waals surface area (Å²) in [5, 5.41) is 0.284. The summed E-state index contributed by atoms with van der Waals surface area (Å²) >= 11 is 1.08. The van der Waals surface area contributed by atoms with Crippen LogP contribution in [0, 0.1) is 20.8 Å². The Morgan fingerprint density at radius 2 is 1.75 bits per heavy atom. The molecule has 0 saturated carbocycles. The van der Waals surface area contributed by atoms with Gasteiger partial charge < -0.3 is 4.90 Å². The first-order valence-electron chi connectivity index (χ1n) is 7.29. The lowest BCUT2D eigenvalue weighted by Gasteiger charge is -2.18. The molecule has 0 radical (unpaired) electrons. The molecule has 0 aliphatic carbocycles. The molecule has 2 aromatic rings. The zero-order valence-corrected chi connectivity index (χ0v) is 16.2. The lowest BCUT2D eigenvalue weighted by atomic mass is 10.1. The minimum atomic E-state index is -3.41. The molecule has 6 nitrogen and oxygen atoms in total. The van der Waals surface area contributed by atoms with Crippen LogP contribution in [0.5, 0.6) is 0 Å². The van der Waals surface area contributed by atoms with E-state index in [4.69, 9.17) is 0 Å². The molecule has 0 spiro atoms. The highest BCUT2D eigenvalue weighted by Crippen LogP contribution is 2.29. The maximum atomic E-state index is 12.8. The summed E-state index contributed by atoms with van der Waals surface area (Å²) in [5.41, 5.74) is 3.57. The second-order valence-corrected chi connectivity index (χ2v) is 8.77. The Kier molecular flexibility index (Phi) is 5.00. The van der Waals surface area contributed by atoms with E-state index in [9.17, 15) is 13.2 Å². The Labute approximate surface area is 146 Å². The summed E-state index contributed by atoms with van der Waals surface area (Å²) in [5.74, 6) is -0.207. The second kappa shape index (κ2) is 6.52. The first kappa shape index (κ1) is 18.4. The number of hydrogen-bond donors (Lipinski definition) is 0. The predicted octanol–water partition coefficient (Wildman–Crippen LogP) is 2.74. The number of hydrogen-bond acceptors (Lipinski definition) is 5. The highest BCUT2D eigenvalue weighted by molar-refractivity contribution is 7.92. The highest BCUT2D eigenvalue weighted by Gasteiger charge is 2.24. The fraction of sp³-hybridized carbons (Fsp3) is 0.375. The summed E-state index contributed by atoms with van der Waals surface area (Å²) in [6.45, 7) is 5.72. The van der Waals surface area contributed by atoms with E-state index in [0.717, 1.165) is 38.7 Å². The van der Waals surface area contributed by atoms with E-state index in [1.807, 2.05) is 32.0 Å². The van der Waals surface area contributed by atoms with Crippen LogP contribution in [-0.4, -0.2) is 39.7 Å². The SMILES string of the molecule is Cc1ccc(N(C)C(=O)c2sc(N(C)S(C)(=O)=O)nc2C)cc1C. The van der Waals surface area contributed by atoms with Gasteiger partial charge in [-0.15, -0.1) is 0 Å². The van der Waals surface area contributed by atoms with Gasteiger partial charge in [0.15, 0.2) is 5.13 Å². The summed E-state index contributed by atoms with van der Waals surface area (Å²) in [7, 11) is -0.286. The summed E-state index contributed by atoms with van der Waals surface area (Å²) < 4.78 is 24.4. The number of carbonyl (C=O) groups excluding carboxylic acids is 1. The van der Waals surface area contributed by atoms with Crippen LogP contribution >= 0.6 is 11.3 Å². The monoisotopic (exact) mass is 367 g/mol. The molecule has 1 heterocycles. The molecule has 1 aromatic heterocycles. The smallest absolute Gasteiger partial charge is 0.270 e. The van der Waals surface area contributed by atoms with E-state index in [1.165, 1.54) is 7.05 Å². The molecule has 0 fully saturated rings. The van der Waals surface area contributed by atoms with E-state index < -0.39 is 10.0 Å². The Morgan fingerprint density at radius 3 is 2.29 bits per heavy atom. The lowest BCUT2D eigenvalue weighted by molar-refractivity contribution is 0.0996. The van der Waals surface area contributed by atoms with E-state index >= 15 is 0 Å². The number of amides is 1. The molecule has 0 bridgehead atoms. The van der Waals surface area contributed by atoms with Crippen molar-refractivity contribution in [1.82, 2.24) is 4.98 Å². The van der Waals surface area contributed by atoms with Crippen molar-refractivity contribution in [1.29, 1.82) is 0 Å². The number of aryl methyl sites for hydroxylation is 3. The summed E-state index contributed by atoms with van der Waals surface area (Å²) in [4.78, 5) is 19.0. The average molecular weight is 367 g/mol. The van der Waals surface area contributed by atoms with Gasteiger partial charge in [-0.25, -0.2) is 17.7 Å². The van der Waals surface area contributed by atoms with E-state index in [0.29, 0.717) is 10.6 Å². The van der Waals surface area contributed by atoms with Crippen molar-refractivity contribution in [3.05, 3.63) is 39.9 Å². The predicted molar refractivity (Wildman–Crippen MR) is 98.7 cm³/mol. The van der Waals surface area contributed by atoms with Crippen LogP contribution in [0.25, 0.3) is 0 Å². The highest BCUT2D eigenvalue weighted by atomic mass is 32.2. The Balaban J connectivity index is 2.36. The van der Waals surface area contributed by atoms with Gasteiger partial charge in [-0.05, 0) is 44.0 Å². The van der Waals surface area contributed by atoms with Crippen LogP contribution in [0.1, 0.15) is 26.5 Å². The molecule has 1 aromatic carbocycles. The Morgan fingerprint density at radius 1 is 1.12 bits per heavy atom. The molecule has 0 saturated heterocycles. The standard InChI is InChI=1S/C16H21N3O3S2/c1-10-7-8-13(9-11(10)2)18(4)15(20)14-12(3)17-16(23-14)19(5)24(6,21)22/h7-9H,1-6H3. The van der Waals surface area contributed by atoms with E-state index in [2.05, 4.69) is 4.98 Å². The topological polar surface area (TPSA) is 70.6 Å². The fourth-order valence-electron chi connectivity index (χ4n) is 2.06. The quantitative estimate of drug-likeness (QED) is 0.833. The van der Waals surface area contributed by atoms with Crippen LogP contribution in [0.3, 0.4) is 0 Å². The maximum absolute atomic E-state index is 12.8. The molecule has 0 unspecified atom stereocenters. The van der Waals surface area contributed by atoms with Gasteiger partial charge in [-0.3, -0.25) is 4.79 Å². The van der Waals surface area contributed by atoms with Crippen LogP contribution in [-0.2, 0) is 10.0 Å². The molecule has 2 rings (SSSR count). The molecule has 130 valence electrons. The van der Waals surface area contributed by atoms with Crippen LogP contribution in [0.4, 0.5) is 10.8 Å². The van der Waals surface area contributed by atoms with E-state index in [1.54, 1.807) is 18.9 Å². The fourth-order valence-corrected chi connectivity index (χ4v) is 3.81. The second-order valence-electron chi connectivity index (χ2n) is 5.77. The molecule has 0 atom stereocenters. The first-order valence-corrected chi connectivity index (χ1v) is 9.95. The van der Waals surface area contributed by atoms with Gasteiger partial charge >= 0.3 is 0 Å². The maximum Gasteiger partial charge on any atom is 0.270 e. The van der Waals surface area contributed by atoms with Gasteiger partial charge in [-0.2, -0.15) is 0 Å². The number of sulfonamides is 1. The lowest BCUT2D eigenvalue weighted by Crippen LogP contribution is -2.26. The van der Waals surface area contributed by atoms with Crippen molar-refractivity contribution in [2.45, 2.75) is 20.8 Å². The van der Waals surface area contributed by atoms with Crippen molar-refractivity contribution in [3.8, 4) is 0 Å². The molecule has 0 aliphatic heterocycles. The van der Waals surface area contributed by atoms with Crippen LogP contribution < -0.4 is 9.21 Å². The Bertz CT molecular complexity index is 888. The van der Waals surface area contributed by atoms with Gasteiger partial charge in [0.1, 0.15) is 4.88 Å². The van der Waals surface area contributed by atoms with Crippen molar-refractivity contribution in [2.24, 2.45) is 0 Å². The normalized spacial score (nSPS) is 11.4. The minimum absolute atomic E-state index is 0.207. The average Bonchev–Trinajstić information content (AvgIpc) is 2.88.